The van der Waals surface area contributed by atoms with Crippen molar-refractivity contribution >= 4 is 44.5 Å². The molecule has 0 spiro atoms. The molecule has 2 saturated heterocycles. The molecule has 0 radical (unpaired) electrons. The minimum absolute atomic E-state index is 0.0734. The van der Waals surface area contributed by atoms with Crippen molar-refractivity contribution in [2.24, 2.45) is 0 Å². The molecule has 1 aromatic carbocycles. The first-order valence-electron chi connectivity index (χ1n) is 10.9. The largest absolute Gasteiger partial charge is 0.356 e. The van der Waals surface area contributed by atoms with Gasteiger partial charge in [0.25, 0.3) is 5.91 Å². The molecule has 3 aromatic rings. The van der Waals surface area contributed by atoms with E-state index in [2.05, 4.69) is 13.7 Å². The summed E-state index contributed by atoms with van der Waals surface area (Å²) < 4.78 is 36.0. The van der Waals surface area contributed by atoms with E-state index in [9.17, 15) is 18.0 Å². The van der Waals surface area contributed by atoms with E-state index in [0.29, 0.717) is 35.4 Å². The van der Waals surface area contributed by atoms with Crippen LogP contribution in [0.25, 0.3) is 11.0 Å². The van der Waals surface area contributed by atoms with Crippen LogP contribution >= 0.6 is 11.7 Å². The second-order valence-corrected chi connectivity index (χ2v) is 10.7. The average Bonchev–Trinajstić information content (AvgIpc) is 3.60. The van der Waals surface area contributed by atoms with Gasteiger partial charge in [0.2, 0.25) is 10.0 Å². The van der Waals surface area contributed by atoms with Crippen molar-refractivity contribution in [3.05, 3.63) is 41.7 Å². The summed E-state index contributed by atoms with van der Waals surface area (Å²) in [7, 11) is -3.70. The Hall–Kier alpha value is -2.67. The van der Waals surface area contributed by atoms with Crippen molar-refractivity contribution in [1.29, 1.82) is 0 Å². The summed E-state index contributed by atoms with van der Waals surface area (Å²) >= 11 is 0.990. The van der Waals surface area contributed by atoms with Gasteiger partial charge in [-0.25, -0.2) is 8.42 Å². The maximum Gasteiger partial charge on any atom is 0.270 e. The zero-order valence-electron chi connectivity index (χ0n) is 17.9. The fourth-order valence-corrected chi connectivity index (χ4v) is 6.50. The zero-order chi connectivity index (χ0) is 23.0. The summed E-state index contributed by atoms with van der Waals surface area (Å²) in [6, 6.07) is 6.59. The lowest BCUT2D eigenvalue weighted by molar-refractivity contribution is 0.0787. The number of likely N-dealkylation sites (tertiary alicyclic amines) is 1. The number of hydrogen-bond donors (Lipinski definition) is 1. The minimum atomic E-state index is -3.70. The van der Waals surface area contributed by atoms with Gasteiger partial charge >= 0.3 is 0 Å². The molecule has 2 fully saturated rings. The number of rotatable bonds is 6. The zero-order valence-corrected chi connectivity index (χ0v) is 19.6. The summed E-state index contributed by atoms with van der Waals surface area (Å²) in [4.78, 5) is 32.1. The van der Waals surface area contributed by atoms with E-state index in [-0.39, 0.29) is 36.2 Å². The number of nitrogens with one attached hydrogen (secondary N) is 1. The molecule has 2 aliphatic heterocycles. The Morgan fingerprint density at radius 1 is 1.03 bits per heavy atom. The van der Waals surface area contributed by atoms with Gasteiger partial charge in [0, 0.05) is 51.0 Å². The summed E-state index contributed by atoms with van der Waals surface area (Å²) in [6.45, 7) is 3.14. The number of benzene rings is 1. The Labute approximate surface area is 195 Å². The number of sulfonamides is 1. The van der Waals surface area contributed by atoms with Gasteiger partial charge in [-0.1, -0.05) is 6.07 Å². The highest BCUT2D eigenvalue weighted by molar-refractivity contribution is 7.89. The highest BCUT2D eigenvalue weighted by atomic mass is 32.2. The number of H-pyrrole nitrogens is 1. The maximum absolute atomic E-state index is 13.2. The summed E-state index contributed by atoms with van der Waals surface area (Å²) in [6.07, 6.45) is 3.60. The predicted octanol–water partition coefficient (Wildman–Crippen LogP) is 1.44. The van der Waals surface area contributed by atoms with Crippen molar-refractivity contribution in [3.63, 3.8) is 0 Å². The van der Waals surface area contributed by atoms with Crippen LogP contribution in [0.3, 0.4) is 0 Å². The quantitative estimate of drug-likeness (QED) is 0.522. The van der Waals surface area contributed by atoms with Crippen LogP contribution in [-0.4, -0.2) is 93.8 Å². The summed E-state index contributed by atoms with van der Waals surface area (Å²) in [5.74, 6) is -0.169. The molecule has 33 heavy (non-hydrogen) atoms. The Morgan fingerprint density at radius 2 is 1.79 bits per heavy atom. The average molecular weight is 489 g/mol. The van der Waals surface area contributed by atoms with Crippen LogP contribution in [0.2, 0.25) is 0 Å². The van der Waals surface area contributed by atoms with Gasteiger partial charge in [-0.3, -0.25) is 14.5 Å². The molecular formula is C21H24N6O4S2. The van der Waals surface area contributed by atoms with Gasteiger partial charge in [0.15, 0.2) is 5.78 Å². The Morgan fingerprint density at radius 3 is 2.55 bits per heavy atom. The molecule has 1 N–H and O–H groups in total. The van der Waals surface area contributed by atoms with Crippen molar-refractivity contribution in [3.8, 4) is 0 Å². The van der Waals surface area contributed by atoms with Crippen LogP contribution in [0.15, 0.2) is 35.4 Å². The van der Waals surface area contributed by atoms with E-state index >= 15 is 0 Å². The van der Waals surface area contributed by atoms with Gasteiger partial charge in [-0.05, 0) is 31.0 Å². The number of aromatic amines is 1. The topological polar surface area (TPSA) is 120 Å². The van der Waals surface area contributed by atoms with E-state index in [4.69, 9.17) is 0 Å². The normalized spacial score (nSPS) is 18.2. The van der Waals surface area contributed by atoms with E-state index in [1.165, 1.54) is 4.31 Å². The van der Waals surface area contributed by atoms with Crippen LogP contribution in [0, 0.1) is 0 Å². The molecule has 0 aliphatic carbocycles. The Kier molecular flexibility index (Phi) is 5.99. The molecule has 10 nitrogen and oxygen atoms in total. The molecular weight excluding hydrogens is 464 g/mol. The van der Waals surface area contributed by atoms with E-state index in [0.717, 1.165) is 37.7 Å². The van der Waals surface area contributed by atoms with Gasteiger partial charge in [0.05, 0.1) is 18.3 Å². The molecule has 4 heterocycles. The van der Waals surface area contributed by atoms with E-state index in [1.54, 1.807) is 35.4 Å². The fourth-order valence-electron chi connectivity index (χ4n) is 4.32. The number of amides is 1. The number of carbonyl (C=O) groups excluding carboxylic acids is 2. The van der Waals surface area contributed by atoms with Crippen molar-refractivity contribution in [2.75, 3.05) is 45.8 Å². The van der Waals surface area contributed by atoms with Crippen molar-refractivity contribution in [1.82, 2.24) is 27.8 Å². The molecule has 12 heteroatoms. The molecule has 0 unspecified atom stereocenters. The van der Waals surface area contributed by atoms with Crippen LogP contribution in [0.5, 0.6) is 0 Å². The molecule has 1 amide bonds. The number of Topliss-reactive ketones (excluding diaryl/α,β-unsaturated/α-hetero) is 1. The second-order valence-electron chi connectivity index (χ2n) is 8.29. The van der Waals surface area contributed by atoms with Crippen LogP contribution in [-0.2, 0) is 10.0 Å². The third-order valence-corrected chi connectivity index (χ3v) is 8.67. The minimum Gasteiger partial charge on any atom is -0.356 e. The molecule has 2 aliphatic rings. The monoisotopic (exact) mass is 488 g/mol. The number of piperazine rings is 1. The Balaban J connectivity index is 1.20. The third kappa shape index (κ3) is 4.31. The van der Waals surface area contributed by atoms with Crippen LogP contribution in [0.1, 0.15) is 33.7 Å². The summed E-state index contributed by atoms with van der Waals surface area (Å²) in [5, 5.41) is 0. The van der Waals surface area contributed by atoms with Gasteiger partial charge < -0.3 is 9.88 Å². The first kappa shape index (κ1) is 22.1. The first-order chi connectivity index (χ1) is 15.9. The highest BCUT2D eigenvalue weighted by Crippen LogP contribution is 2.25. The van der Waals surface area contributed by atoms with Crippen molar-refractivity contribution in [2.45, 2.75) is 17.7 Å². The predicted molar refractivity (Wildman–Crippen MR) is 123 cm³/mol. The number of nitrogens with zero attached hydrogens (tertiary/aromatic N) is 5. The molecule has 0 bridgehead atoms. The fraction of sp³-hybridized carbons (Fsp3) is 0.429. The lowest BCUT2D eigenvalue weighted by atomic mass is 10.2. The molecule has 5 rings (SSSR count). The van der Waals surface area contributed by atoms with E-state index < -0.39 is 10.0 Å². The van der Waals surface area contributed by atoms with Gasteiger partial charge in [-0.15, -0.1) is 0 Å². The Bertz CT molecular complexity index is 1290. The lowest BCUT2D eigenvalue weighted by Crippen LogP contribution is -2.49. The smallest absolute Gasteiger partial charge is 0.270 e. The lowest BCUT2D eigenvalue weighted by Gasteiger charge is -2.33. The number of carbonyl (C=O) groups is 2. The number of ketones is 1. The SMILES string of the molecule is O=C(CN1CCN(S(=O)(=O)c2cccc3nsnc23)CC1)c1c[nH]c(C(=O)N2CCCC2)c1. The third-order valence-electron chi connectivity index (χ3n) is 6.19. The van der Waals surface area contributed by atoms with Crippen molar-refractivity contribution < 1.29 is 18.0 Å². The standard InChI is InChI=1S/C21H24N6O4S2/c28-18(15-12-17(22-13-15)21(29)26-6-1-2-7-26)14-25-8-10-27(11-9-25)33(30,31)19-5-3-4-16-20(19)24-32-23-16/h3-5,12-13,22H,1-2,6-11,14H2. The highest BCUT2D eigenvalue weighted by Gasteiger charge is 2.31. The van der Waals surface area contributed by atoms with Crippen LogP contribution in [0.4, 0.5) is 0 Å². The van der Waals surface area contributed by atoms with Crippen LogP contribution < -0.4 is 0 Å². The second kappa shape index (κ2) is 8.93. The maximum atomic E-state index is 13.2. The first-order valence-corrected chi connectivity index (χ1v) is 13.1. The molecule has 2 aromatic heterocycles. The number of hydrogen-bond acceptors (Lipinski definition) is 8. The van der Waals surface area contributed by atoms with Gasteiger partial charge in [-0.2, -0.15) is 13.1 Å². The molecule has 174 valence electrons. The number of fused-ring (bicyclic) bond motifs is 1. The summed E-state index contributed by atoms with van der Waals surface area (Å²) in [5.41, 5.74) is 1.86. The molecule has 0 atom stereocenters. The molecule has 0 saturated carbocycles. The van der Waals surface area contributed by atoms with Gasteiger partial charge in [0.1, 0.15) is 21.6 Å². The number of aromatic nitrogens is 3. The van der Waals surface area contributed by atoms with E-state index in [1.807, 2.05) is 4.90 Å².